The van der Waals surface area contributed by atoms with Gasteiger partial charge in [0.1, 0.15) is 6.67 Å². The largest absolute Gasteiger partial charge is 0.246 e. The minimum atomic E-state index is -0.428. The third-order valence-corrected chi connectivity index (χ3v) is 1.42. The summed E-state index contributed by atoms with van der Waals surface area (Å²) in [5, 5.41) is 0. The number of hydrogen-bond donors (Lipinski definition) is 0. The average Bonchev–Trinajstić information content (AvgIpc) is 1.95. The van der Waals surface area contributed by atoms with Crippen LogP contribution < -0.4 is 0 Å². The minimum absolute atomic E-state index is 0.428. The average molecular weight is 136 g/mol. The van der Waals surface area contributed by atoms with E-state index >= 15 is 0 Å². The molecule has 0 spiro atoms. The third-order valence-electron chi connectivity index (χ3n) is 1.42. The van der Waals surface area contributed by atoms with Gasteiger partial charge in [0, 0.05) is 0 Å². The molecule has 0 aromatic heterocycles. The topological polar surface area (TPSA) is 0 Å². The molecule has 0 aliphatic heterocycles. The van der Waals surface area contributed by atoms with Crippen molar-refractivity contribution in [3.63, 3.8) is 0 Å². The zero-order valence-electron chi connectivity index (χ0n) is 5.73. The number of benzene rings is 1. The fraction of sp³-hybridized carbons (Fsp3) is 0.111. The first-order chi connectivity index (χ1) is 4.74. The van der Waals surface area contributed by atoms with Gasteiger partial charge in [0.25, 0.3) is 0 Å². The van der Waals surface area contributed by atoms with Crippen molar-refractivity contribution in [2.45, 2.75) is 6.67 Å². The van der Waals surface area contributed by atoms with Gasteiger partial charge in [-0.05, 0) is 30.5 Å². The summed E-state index contributed by atoms with van der Waals surface area (Å²) in [6.07, 6.45) is 0. The lowest BCUT2D eigenvalue weighted by Gasteiger charge is -1.99. The second-order valence-electron chi connectivity index (χ2n) is 2.24. The molecular weight excluding hydrogens is 127 g/mol. The van der Waals surface area contributed by atoms with Gasteiger partial charge in [-0.2, -0.15) is 0 Å². The maximum Gasteiger partial charge on any atom is 0.115 e. The Labute approximate surface area is 60.7 Å². The Morgan fingerprint density at radius 2 is 1.90 bits per heavy atom. The molecule has 0 fully saturated rings. The monoisotopic (exact) mass is 136 g/mol. The Morgan fingerprint density at radius 3 is 2.40 bits per heavy atom. The summed E-state index contributed by atoms with van der Waals surface area (Å²) >= 11 is 0. The van der Waals surface area contributed by atoms with Crippen molar-refractivity contribution in [2.75, 3.05) is 0 Å². The van der Waals surface area contributed by atoms with Crippen LogP contribution >= 0.6 is 0 Å². The highest BCUT2D eigenvalue weighted by Crippen LogP contribution is 2.09. The molecule has 1 aromatic carbocycles. The van der Waals surface area contributed by atoms with E-state index in [0.29, 0.717) is 5.56 Å². The number of halogens is 1. The summed E-state index contributed by atoms with van der Waals surface area (Å²) in [4.78, 5) is 0. The third kappa shape index (κ3) is 1.35. The first-order valence-corrected chi connectivity index (χ1v) is 3.07. The molecule has 0 saturated heterocycles. The number of hydrogen-bond acceptors (Lipinski definition) is 0. The summed E-state index contributed by atoms with van der Waals surface area (Å²) in [6, 6.07) is 5.20. The predicted molar refractivity (Wildman–Crippen MR) is 40.2 cm³/mol. The molecule has 0 aliphatic rings. The molecule has 2 radical (unpaired) electrons. The molecule has 10 heavy (non-hydrogen) atoms. The van der Waals surface area contributed by atoms with Gasteiger partial charge in [-0.1, -0.05) is 18.2 Å². The van der Waals surface area contributed by atoms with Gasteiger partial charge in [-0.3, -0.25) is 0 Å². The molecule has 0 bridgehead atoms. The fourth-order valence-corrected chi connectivity index (χ4v) is 0.762. The molecule has 1 rings (SSSR count). The van der Waals surface area contributed by atoms with Crippen LogP contribution in [0.25, 0.3) is 0 Å². The molecule has 0 atom stereocenters. The van der Waals surface area contributed by atoms with Crippen LogP contribution in [0, 0.1) is 13.8 Å². The Hall–Kier alpha value is -0.850. The van der Waals surface area contributed by atoms with Crippen LogP contribution in [0.5, 0.6) is 0 Å². The van der Waals surface area contributed by atoms with Gasteiger partial charge in [0.2, 0.25) is 0 Å². The van der Waals surface area contributed by atoms with Crippen molar-refractivity contribution in [2.24, 2.45) is 0 Å². The molecule has 0 heterocycles. The van der Waals surface area contributed by atoms with Gasteiger partial charge in [0.15, 0.2) is 0 Å². The van der Waals surface area contributed by atoms with E-state index in [2.05, 4.69) is 13.8 Å². The van der Waals surface area contributed by atoms with E-state index < -0.39 is 6.67 Å². The smallest absolute Gasteiger partial charge is 0.115 e. The predicted octanol–water partition coefficient (Wildman–Crippen LogP) is 2.52. The highest BCUT2D eigenvalue weighted by Gasteiger charge is 1.93. The molecule has 0 unspecified atom stereocenters. The molecule has 0 N–H and O–H groups in total. The van der Waals surface area contributed by atoms with Crippen molar-refractivity contribution in [3.05, 3.63) is 48.7 Å². The lowest BCUT2D eigenvalue weighted by molar-refractivity contribution is 0.485. The molecule has 0 amide bonds. The molecule has 0 nitrogen and oxygen atoms in total. The first-order valence-electron chi connectivity index (χ1n) is 3.07. The van der Waals surface area contributed by atoms with E-state index in [0.717, 1.165) is 11.1 Å². The molecule has 52 valence electrons. The van der Waals surface area contributed by atoms with Crippen LogP contribution in [0.1, 0.15) is 16.7 Å². The summed E-state index contributed by atoms with van der Waals surface area (Å²) < 4.78 is 12.0. The molecule has 0 saturated carbocycles. The highest BCUT2D eigenvalue weighted by atomic mass is 19.1. The quantitative estimate of drug-likeness (QED) is 0.556. The molecule has 1 heteroatoms. The van der Waals surface area contributed by atoms with Gasteiger partial charge in [-0.25, -0.2) is 4.39 Å². The van der Waals surface area contributed by atoms with Gasteiger partial charge in [0.05, 0.1) is 0 Å². The zero-order chi connectivity index (χ0) is 7.56. The van der Waals surface area contributed by atoms with Crippen molar-refractivity contribution in [3.8, 4) is 0 Å². The summed E-state index contributed by atoms with van der Waals surface area (Å²) in [5.41, 5.74) is 2.32. The van der Waals surface area contributed by atoms with Gasteiger partial charge in [-0.15, -0.1) is 0 Å². The first kappa shape index (κ1) is 7.26. The van der Waals surface area contributed by atoms with Crippen LogP contribution in [0.3, 0.4) is 0 Å². The van der Waals surface area contributed by atoms with Crippen molar-refractivity contribution >= 4 is 0 Å². The molecule has 0 aliphatic carbocycles. The van der Waals surface area contributed by atoms with E-state index in [9.17, 15) is 4.39 Å². The summed E-state index contributed by atoms with van der Waals surface area (Å²) in [6.45, 7) is 6.98. The SMILES string of the molecule is [CH2]c1ccc(CF)cc1[CH2]. The van der Waals surface area contributed by atoms with E-state index in [1.54, 1.807) is 18.2 Å². The Balaban J connectivity index is 3.04. The van der Waals surface area contributed by atoms with E-state index in [1.807, 2.05) is 0 Å². The summed E-state index contributed by atoms with van der Waals surface area (Å²) in [5.74, 6) is 0. The van der Waals surface area contributed by atoms with Gasteiger partial charge < -0.3 is 0 Å². The summed E-state index contributed by atoms with van der Waals surface area (Å²) in [7, 11) is 0. The van der Waals surface area contributed by atoms with Crippen LogP contribution in [-0.4, -0.2) is 0 Å². The number of alkyl halides is 1. The Kier molecular flexibility index (Phi) is 2.05. The van der Waals surface area contributed by atoms with E-state index in [-0.39, 0.29) is 0 Å². The van der Waals surface area contributed by atoms with E-state index in [1.165, 1.54) is 0 Å². The van der Waals surface area contributed by atoms with Crippen molar-refractivity contribution < 1.29 is 4.39 Å². The fourth-order valence-electron chi connectivity index (χ4n) is 0.762. The maximum atomic E-state index is 12.0. The highest BCUT2D eigenvalue weighted by molar-refractivity contribution is 5.35. The standard InChI is InChI=1S/C9H9F/c1-7-3-4-9(6-10)5-8(7)2/h3-5H,1-2,6H2. The van der Waals surface area contributed by atoms with E-state index in [4.69, 9.17) is 0 Å². The van der Waals surface area contributed by atoms with Crippen LogP contribution in [0.4, 0.5) is 4.39 Å². The van der Waals surface area contributed by atoms with Crippen LogP contribution in [-0.2, 0) is 6.67 Å². The molecule has 1 aromatic rings. The second kappa shape index (κ2) is 2.82. The van der Waals surface area contributed by atoms with Crippen LogP contribution in [0.15, 0.2) is 18.2 Å². The minimum Gasteiger partial charge on any atom is -0.246 e. The van der Waals surface area contributed by atoms with Gasteiger partial charge >= 0.3 is 0 Å². The second-order valence-corrected chi connectivity index (χ2v) is 2.24. The Bertz CT molecular complexity index is 228. The van der Waals surface area contributed by atoms with Crippen molar-refractivity contribution in [1.29, 1.82) is 0 Å². The lowest BCUT2D eigenvalue weighted by atomic mass is 10.1. The maximum absolute atomic E-state index is 12.0. The normalized spacial score (nSPS) is 9.90. The lowest BCUT2D eigenvalue weighted by Crippen LogP contribution is -1.83. The zero-order valence-corrected chi connectivity index (χ0v) is 5.73. The van der Waals surface area contributed by atoms with Crippen molar-refractivity contribution in [1.82, 2.24) is 0 Å². The molecular formula is C9H9F. The van der Waals surface area contributed by atoms with Crippen LogP contribution in [0.2, 0.25) is 0 Å². The Morgan fingerprint density at radius 1 is 1.20 bits per heavy atom. The number of rotatable bonds is 1.